The molecule has 0 aliphatic heterocycles. The SMILES string of the molecule is Cc1cnn(C)c1C(=O)Nc1nc2ccc3ccccc3c2s1. The smallest absolute Gasteiger partial charge is 0.275 e. The Balaban J connectivity index is 1.75. The highest BCUT2D eigenvalue weighted by Crippen LogP contribution is 2.32. The van der Waals surface area contributed by atoms with Crippen molar-refractivity contribution < 1.29 is 4.79 Å². The van der Waals surface area contributed by atoms with Gasteiger partial charge in [-0.05, 0) is 23.9 Å². The van der Waals surface area contributed by atoms with Crippen LogP contribution >= 0.6 is 11.3 Å². The molecule has 0 saturated heterocycles. The summed E-state index contributed by atoms with van der Waals surface area (Å²) in [5, 5.41) is 9.91. The lowest BCUT2D eigenvalue weighted by Gasteiger charge is -2.02. The first-order chi connectivity index (χ1) is 11.1. The second-order valence-electron chi connectivity index (χ2n) is 5.41. The monoisotopic (exact) mass is 322 g/mol. The molecule has 1 amide bonds. The van der Waals surface area contributed by atoms with Gasteiger partial charge in [0.05, 0.1) is 16.4 Å². The summed E-state index contributed by atoms with van der Waals surface area (Å²) in [5.74, 6) is -0.189. The molecule has 23 heavy (non-hydrogen) atoms. The van der Waals surface area contributed by atoms with Crippen LogP contribution < -0.4 is 5.32 Å². The molecule has 2 aromatic carbocycles. The molecule has 2 aromatic heterocycles. The predicted octanol–water partition coefficient (Wildman–Crippen LogP) is 3.74. The molecule has 0 atom stereocenters. The van der Waals surface area contributed by atoms with Gasteiger partial charge in [-0.15, -0.1) is 0 Å². The molecule has 0 bridgehead atoms. The fourth-order valence-electron chi connectivity index (χ4n) is 2.74. The van der Waals surface area contributed by atoms with E-state index in [0.717, 1.165) is 21.2 Å². The molecule has 5 nitrogen and oxygen atoms in total. The van der Waals surface area contributed by atoms with Crippen molar-refractivity contribution in [2.24, 2.45) is 7.05 Å². The third-order valence-electron chi connectivity index (χ3n) is 3.84. The molecular weight excluding hydrogens is 308 g/mol. The number of amides is 1. The van der Waals surface area contributed by atoms with Crippen LogP contribution in [0.1, 0.15) is 16.1 Å². The fraction of sp³-hybridized carbons (Fsp3) is 0.118. The number of anilines is 1. The van der Waals surface area contributed by atoms with Crippen LogP contribution in [-0.2, 0) is 7.05 Å². The van der Waals surface area contributed by atoms with E-state index in [4.69, 9.17) is 0 Å². The number of carbonyl (C=O) groups is 1. The van der Waals surface area contributed by atoms with Crippen LogP contribution in [-0.4, -0.2) is 20.7 Å². The van der Waals surface area contributed by atoms with E-state index >= 15 is 0 Å². The van der Waals surface area contributed by atoms with Gasteiger partial charge in [0.2, 0.25) is 0 Å². The largest absolute Gasteiger partial charge is 0.296 e. The summed E-state index contributed by atoms with van der Waals surface area (Å²) in [6.45, 7) is 1.87. The Hall–Kier alpha value is -2.73. The van der Waals surface area contributed by atoms with E-state index in [0.29, 0.717) is 10.8 Å². The summed E-state index contributed by atoms with van der Waals surface area (Å²) in [5.41, 5.74) is 2.29. The van der Waals surface area contributed by atoms with Crippen LogP contribution in [0.15, 0.2) is 42.6 Å². The van der Waals surface area contributed by atoms with Gasteiger partial charge in [-0.2, -0.15) is 5.10 Å². The van der Waals surface area contributed by atoms with Crippen molar-refractivity contribution in [3.8, 4) is 0 Å². The Bertz CT molecular complexity index is 1030. The van der Waals surface area contributed by atoms with Crippen molar-refractivity contribution in [3.63, 3.8) is 0 Å². The molecule has 114 valence electrons. The van der Waals surface area contributed by atoms with E-state index in [2.05, 4.69) is 27.5 Å². The Morgan fingerprint density at radius 1 is 1.22 bits per heavy atom. The van der Waals surface area contributed by atoms with Crippen molar-refractivity contribution in [1.29, 1.82) is 0 Å². The average molecular weight is 322 g/mol. The van der Waals surface area contributed by atoms with Gasteiger partial charge >= 0.3 is 0 Å². The number of aromatic nitrogens is 3. The normalized spacial score (nSPS) is 11.2. The van der Waals surface area contributed by atoms with E-state index in [1.165, 1.54) is 16.7 Å². The average Bonchev–Trinajstić information content (AvgIpc) is 3.10. The molecule has 4 aromatic rings. The summed E-state index contributed by atoms with van der Waals surface area (Å²) in [4.78, 5) is 17.0. The number of nitrogens with zero attached hydrogens (tertiary/aromatic N) is 3. The van der Waals surface area contributed by atoms with Crippen LogP contribution in [0.3, 0.4) is 0 Å². The van der Waals surface area contributed by atoms with Crippen molar-refractivity contribution >= 4 is 43.4 Å². The number of benzene rings is 2. The Morgan fingerprint density at radius 3 is 2.83 bits per heavy atom. The summed E-state index contributed by atoms with van der Waals surface area (Å²) in [6, 6.07) is 12.2. The van der Waals surface area contributed by atoms with Crippen molar-refractivity contribution in [2.75, 3.05) is 5.32 Å². The van der Waals surface area contributed by atoms with Gasteiger partial charge in [0.25, 0.3) is 5.91 Å². The Morgan fingerprint density at radius 2 is 2.04 bits per heavy atom. The molecule has 0 aliphatic carbocycles. The Kier molecular flexibility index (Phi) is 3.12. The number of hydrogen-bond donors (Lipinski definition) is 1. The molecule has 6 heteroatoms. The van der Waals surface area contributed by atoms with E-state index < -0.39 is 0 Å². The molecule has 1 N–H and O–H groups in total. The van der Waals surface area contributed by atoms with Gasteiger partial charge in [-0.3, -0.25) is 14.8 Å². The second kappa shape index (κ2) is 5.17. The van der Waals surface area contributed by atoms with Crippen molar-refractivity contribution in [3.05, 3.63) is 53.9 Å². The van der Waals surface area contributed by atoms with Gasteiger partial charge in [0, 0.05) is 12.4 Å². The highest BCUT2D eigenvalue weighted by molar-refractivity contribution is 7.23. The third kappa shape index (κ3) is 2.27. The quantitative estimate of drug-likeness (QED) is 0.611. The molecule has 0 radical (unpaired) electrons. The molecule has 0 saturated carbocycles. The first kappa shape index (κ1) is 13.9. The van der Waals surface area contributed by atoms with E-state index in [9.17, 15) is 4.79 Å². The molecule has 0 aliphatic rings. The highest BCUT2D eigenvalue weighted by Gasteiger charge is 2.16. The molecule has 4 rings (SSSR count). The molecule has 0 fully saturated rings. The van der Waals surface area contributed by atoms with Crippen LogP contribution in [0.25, 0.3) is 21.0 Å². The molecule has 0 spiro atoms. The second-order valence-corrected chi connectivity index (χ2v) is 6.41. The number of carbonyl (C=O) groups excluding carboxylic acids is 1. The summed E-state index contributed by atoms with van der Waals surface area (Å²) in [7, 11) is 1.76. The minimum absolute atomic E-state index is 0.189. The lowest BCUT2D eigenvalue weighted by Crippen LogP contribution is -2.17. The maximum absolute atomic E-state index is 12.5. The number of hydrogen-bond acceptors (Lipinski definition) is 4. The maximum atomic E-state index is 12.5. The first-order valence-electron chi connectivity index (χ1n) is 7.22. The van der Waals surface area contributed by atoms with Gasteiger partial charge < -0.3 is 0 Å². The molecule has 0 unspecified atom stereocenters. The number of nitrogens with one attached hydrogen (secondary N) is 1. The number of aryl methyl sites for hydroxylation is 2. The van der Waals surface area contributed by atoms with Crippen LogP contribution in [0.2, 0.25) is 0 Å². The number of fused-ring (bicyclic) bond motifs is 3. The topological polar surface area (TPSA) is 59.8 Å². The number of rotatable bonds is 2. The number of thiazole rings is 1. The standard InChI is InChI=1S/C17H14N4OS/c1-10-9-18-21(2)14(10)16(22)20-17-19-13-8-7-11-5-3-4-6-12(11)15(13)23-17/h3-9H,1-2H3,(H,19,20,22). The Labute approximate surface area is 136 Å². The van der Waals surface area contributed by atoms with Crippen LogP contribution in [0, 0.1) is 6.92 Å². The van der Waals surface area contributed by atoms with E-state index in [1.807, 2.05) is 31.2 Å². The summed E-state index contributed by atoms with van der Waals surface area (Å²) in [6.07, 6.45) is 1.68. The molecular formula is C17H14N4OS. The van der Waals surface area contributed by atoms with Gasteiger partial charge in [0.1, 0.15) is 5.69 Å². The zero-order valence-electron chi connectivity index (χ0n) is 12.7. The van der Waals surface area contributed by atoms with Crippen LogP contribution in [0.5, 0.6) is 0 Å². The van der Waals surface area contributed by atoms with Crippen LogP contribution in [0.4, 0.5) is 5.13 Å². The van der Waals surface area contributed by atoms with E-state index in [-0.39, 0.29) is 5.91 Å². The van der Waals surface area contributed by atoms with Gasteiger partial charge in [-0.1, -0.05) is 41.7 Å². The summed E-state index contributed by atoms with van der Waals surface area (Å²) >= 11 is 1.49. The predicted molar refractivity (Wildman–Crippen MR) is 93.0 cm³/mol. The van der Waals surface area contributed by atoms with Crippen molar-refractivity contribution in [1.82, 2.24) is 14.8 Å². The van der Waals surface area contributed by atoms with Gasteiger partial charge in [0.15, 0.2) is 5.13 Å². The molecule has 2 heterocycles. The fourth-order valence-corrected chi connectivity index (χ4v) is 3.73. The third-order valence-corrected chi connectivity index (χ3v) is 4.86. The summed E-state index contributed by atoms with van der Waals surface area (Å²) < 4.78 is 2.66. The zero-order chi connectivity index (χ0) is 16.0. The minimum atomic E-state index is -0.189. The van der Waals surface area contributed by atoms with Gasteiger partial charge in [-0.25, -0.2) is 4.98 Å². The minimum Gasteiger partial charge on any atom is -0.296 e. The van der Waals surface area contributed by atoms with Crippen molar-refractivity contribution in [2.45, 2.75) is 6.92 Å². The first-order valence-corrected chi connectivity index (χ1v) is 8.03. The lowest BCUT2D eigenvalue weighted by molar-refractivity contribution is 0.101. The highest BCUT2D eigenvalue weighted by atomic mass is 32.1. The van der Waals surface area contributed by atoms with E-state index in [1.54, 1.807) is 17.9 Å². The lowest BCUT2D eigenvalue weighted by atomic mass is 10.1. The maximum Gasteiger partial charge on any atom is 0.275 e. The zero-order valence-corrected chi connectivity index (χ0v) is 13.5.